The molecule has 1 aromatic heterocycles. The monoisotopic (exact) mass is 274 g/mol. The Morgan fingerprint density at radius 1 is 1.20 bits per heavy atom. The summed E-state index contributed by atoms with van der Waals surface area (Å²) in [5.74, 6) is -1.34. The molecule has 2 N–H and O–H groups in total. The molecule has 0 aliphatic heterocycles. The molecule has 1 amide bonds. The molecule has 2 fully saturated rings. The molecule has 4 atom stereocenters. The van der Waals surface area contributed by atoms with E-state index in [0.717, 1.165) is 24.8 Å². The molecule has 1 heterocycles. The van der Waals surface area contributed by atoms with Crippen LogP contribution in [-0.4, -0.2) is 22.0 Å². The molecule has 0 unspecified atom stereocenters. The van der Waals surface area contributed by atoms with Crippen LogP contribution in [0, 0.1) is 23.7 Å². The summed E-state index contributed by atoms with van der Waals surface area (Å²) in [4.78, 5) is 27.7. The van der Waals surface area contributed by atoms with E-state index in [4.69, 9.17) is 0 Å². The molecule has 2 aliphatic carbocycles. The highest BCUT2D eigenvalue weighted by molar-refractivity contribution is 5.86. The zero-order chi connectivity index (χ0) is 14.1. The number of pyridine rings is 1. The number of amides is 1. The quantitative estimate of drug-likeness (QED) is 0.871. The van der Waals surface area contributed by atoms with E-state index >= 15 is 0 Å². The van der Waals surface area contributed by atoms with E-state index in [9.17, 15) is 14.7 Å². The lowest BCUT2D eigenvalue weighted by atomic mass is 9.78. The van der Waals surface area contributed by atoms with Crippen LogP contribution in [0.15, 0.2) is 24.5 Å². The Hall–Kier alpha value is -1.91. The largest absolute Gasteiger partial charge is 0.481 e. The fraction of sp³-hybridized carbons (Fsp3) is 0.533. The number of nitrogens with zero attached hydrogens (tertiary/aromatic N) is 1. The van der Waals surface area contributed by atoms with Crippen molar-refractivity contribution in [2.75, 3.05) is 0 Å². The first kappa shape index (κ1) is 13.1. The van der Waals surface area contributed by atoms with E-state index in [1.807, 2.05) is 12.1 Å². The van der Waals surface area contributed by atoms with Crippen molar-refractivity contribution < 1.29 is 14.7 Å². The predicted octanol–water partition coefficient (Wildman–Crippen LogP) is 1.44. The van der Waals surface area contributed by atoms with Gasteiger partial charge in [0.05, 0.1) is 11.8 Å². The molecule has 0 radical (unpaired) electrons. The molecule has 3 rings (SSSR count). The van der Waals surface area contributed by atoms with Crippen LogP contribution in [0.1, 0.15) is 24.8 Å². The third-order valence-electron chi connectivity index (χ3n) is 4.72. The number of aliphatic carboxylic acids is 1. The maximum Gasteiger partial charge on any atom is 0.307 e. The third kappa shape index (κ3) is 2.28. The second kappa shape index (κ2) is 5.23. The summed E-state index contributed by atoms with van der Waals surface area (Å²) in [5, 5.41) is 12.2. The molecule has 0 spiro atoms. The molecule has 0 aromatic carbocycles. The van der Waals surface area contributed by atoms with Crippen molar-refractivity contribution in [1.29, 1.82) is 0 Å². The number of carboxylic acids is 1. The summed E-state index contributed by atoms with van der Waals surface area (Å²) in [6, 6.07) is 3.69. The van der Waals surface area contributed by atoms with E-state index < -0.39 is 11.9 Å². The average Bonchev–Trinajstić information content (AvgIpc) is 3.06. The summed E-state index contributed by atoms with van der Waals surface area (Å²) >= 11 is 0. The van der Waals surface area contributed by atoms with Crippen LogP contribution in [0.4, 0.5) is 0 Å². The molecule has 5 heteroatoms. The van der Waals surface area contributed by atoms with Crippen molar-refractivity contribution in [1.82, 2.24) is 10.3 Å². The molecule has 0 saturated heterocycles. The molecule has 106 valence electrons. The zero-order valence-electron chi connectivity index (χ0n) is 11.2. The van der Waals surface area contributed by atoms with E-state index in [2.05, 4.69) is 10.3 Å². The van der Waals surface area contributed by atoms with Crippen LogP contribution in [0.25, 0.3) is 0 Å². The Labute approximate surface area is 117 Å². The van der Waals surface area contributed by atoms with Crippen LogP contribution in [0.3, 0.4) is 0 Å². The Morgan fingerprint density at radius 3 is 2.50 bits per heavy atom. The second-order valence-corrected chi connectivity index (χ2v) is 5.80. The first-order valence-electron chi connectivity index (χ1n) is 7.06. The van der Waals surface area contributed by atoms with Gasteiger partial charge in [-0.3, -0.25) is 14.6 Å². The highest BCUT2D eigenvalue weighted by Crippen LogP contribution is 2.52. The molecule has 20 heavy (non-hydrogen) atoms. The molecule has 5 nitrogen and oxygen atoms in total. The molecule has 1 aromatic rings. The standard InChI is InChI=1S/C15H18N2O3/c18-14(17-8-9-3-5-16-6-4-9)12-10-1-2-11(7-10)13(12)15(19)20/h3-6,10-13H,1-2,7-8H2,(H,17,18)(H,19,20)/t10-,11-,12-,13-/m0/s1. The first-order valence-corrected chi connectivity index (χ1v) is 7.06. The van der Waals surface area contributed by atoms with Gasteiger partial charge in [0, 0.05) is 18.9 Å². The van der Waals surface area contributed by atoms with Crippen molar-refractivity contribution in [3.63, 3.8) is 0 Å². The molecule has 2 saturated carbocycles. The van der Waals surface area contributed by atoms with E-state index in [1.165, 1.54) is 0 Å². The van der Waals surface area contributed by atoms with Crippen LogP contribution < -0.4 is 5.32 Å². The summed E-state index contributed by atoms with van der Waals surface area (Å²) in [5.41, 5.74) is 0.975. The highest BCUT2D eigenvalue weighted by atomic mass is 16.4. The second-order valence-electron chi connectivity index (χ2n) is 5.80. The maximum atomic E-state index is 12.3. The normalized spacial score (nSPS) is 31.2. The minimum Gasteiger partial charge on any atom is -0.481 e. The van der Waals surface area contributed by atoms with Gasteiger partial charge in [-0.25, -0.2) is 0 Å². The van der Waals surface area contributed by atoms with Gasteiger partial charge in [0.15, 0.2) is 0 Å². The van der Waals surface area contributed by atoms with Gasteiger partial charge in [-0.2, -0.15) is 0 Å². The molecule has 2 aliphatic rings. The smallest absolute Gasteiger partial charge is 0.307 e. The van der Waals surface area contributed by atoms with Crippen LogP contribution in [0.2, 0.25) is 0 Å². The fourth-order valence-corrected chi connectivity index (χ4v) is 3.83. The zero-order valence-corrected chi connectivity index (χ0v) is 11.2. The van der Waals surface area contributed by atoms with Crippen molar-refractivity contribution in [3.05, 3.63) is 30.1 Å². The minimum absolute atomic E-state index is 0.110. The summed E-state index contributed by atoms with van der Waals surface area (Å²) in [7, 11) is 0. The molecule has 2 bridgehead atoms. The van der Waals surface area contributed by atoms with Crippen LogP contribution >= 0.6 is 0 Å². The maximum absolute atomic E-state index is 12.3. The minimum atomic E-state index is -0.818. The lowest BCUT2D eigenvalue weighted by Crippen LogP contribution is -2.41. The van der Waals surface area contributed by atoms with Gasteiger partial charge in [0.1, 0.15) is 0 Å². The van der Waals surface area contributed by atoms with Crippen molar-refractivity contribution in [3.8, 4) is 0 Å². The predicted molar refractivity (Wildman–Crippen MR) is 71.5 cm³/mol. The number of rotatable bonds is 4. The lowest BCUT2D eigenvalue weighted by Gasteiger charge is -2.27. The van der Waals surface area contributed by atoms with Gasteiger partial charge in [0.25, 0.3) is 0 Å². The number of carbonyl (C=O) groups is 2. The van der Waals surface area contributed by atoms with Crippen molar-refractivity contribution in [2.45, 2.75) is 25.8 Å². The average molecular weight is 274 g/mol. The van der Waals surface area contributed by atoms with E-state index in [0.29, 0.717) is 6.54 Å². The van der Waals surface area contributed by atoms with Crippen LogP contribution in [-0.2, 0) is 16.1 Å². The molecular formula is C15H18N2O3. The highest BCUT2D eigenvalue weighted by Gasteiger charge is 2.53. The van der Waals surface area contributed by atoms with Crippen LogP contribution in [0.5, 0.6) is 0 Å². The van der Waals surface area contributed by atoms with Gasteiger partial charge in [-0.15, -0.1) is 0 Å². The SMILES string of the molecule is O=C(O)[C@H]1[C@H]2CC[C@@H](C2)[C@@H]1C(=O)NCc1ccncc1. The number of carbonyl (C=O) groups excluding carboxylic acids is 1. The lowest BCUT2D eigenvalue weighted by molar-refractivity contribution is -0.149. The number of hydrogen-bond acceptors (Lipinski definition) is 3. The Kier molecular flexibility index (Phi) is 3.42. The Balaban J connectivity index is 1.66. The fourth-order valence-electron chi connectivity index (χ4n) is 3.83. The first-order chi connectivity index (χ1) is 9.66. The topological polar surface area (TPSA) is 79.3 Å². The van der Waals surface area contributed by atoms with Gasteiger partial charge in [-0.05, 0) is 48.8 Å². The number of nitrogens with one attached hydrogen (secondary N) is 1. The van der Waals surface area contributed by atoms with Gasteiger partial charge < -0.3 is 10.4 Å². The third-order valence-corrected chi connectivity index (χ3v) is 4.72. The molecular weight excluding hydrogens is 256 g/mol. The Bertz CT molecular complexity index is 517. The van der Waals surface area contributed by atoms with Crippen molar-refractivity contribution >= 4 is 11.9 Å². The number of fused-ring (bicyclic) bond motifs is 2. The number of hydrogen-bond donors (Lipinski definition) is 2. The summed E-state index contributed by atoms with van der Waals surface area (Å²) in [6.45, 7) is 0.432. The van der Waals surface area contributed by atoms with Crippen molar-refractivity contribution in [2.24, 2.45) is 23.7 Å². The number of aromatic nitrogens is 1. The summed E-state index contributed by atoms with van der Waals surface area (Å²) in [6.07, 6.45) is 6.19. The van der Waals surface area contributed by atoms with Gasteiger partial charge in [-0.1, -0.05) is 0 Å². The Morgan fingerprint density at radius 2 is 1.85 bits per heavy atom. The van der Waals surface area contributed by atoms with Gasteiger partial charge >= 0.3 is 5.97 Å². The van der Waals surface area contributed by atoms with E-state index in [-0.39, 0.29) is 23.7 Å². The summed E-state index contributed by atoms with van der Waals surface area (Å²) < 4.78 is 0. The van der Waals surface area contributed by atoms with Gasteiger partial charge in [0.2, 0.25) is 5.91 Å². The number of carboxylic acid groups (broad SMARTS) is 1. The van der Waals surface area contributed by atoms with E-state index in [1.54, 1.807) is 12.4 Å².